The van der Waals surface area contributed by atoms with Crippen LogP contribution in [0, 0.1) is 17.2 Å². The van der Waals surface area contributed by atoms with Crippen LogP contribution in [0.2, 0.25) is 0 Å². The van der Waals surface area contributed by atoms with Gasteiger partial charge in [-0.2, -0.15) is 0 Å². The van der Waals surface area contributed by atoms with Crippen molar-refractivity contribution in [3.63, 3.8) is 0 Å². The quantitative estimate of drug-likeness (QED) is 0.203. The van der Waals surface area contributed by atoms with Crippen molar-refractivity contribution >= 4 is 23.4 Å². The van der Waals surface area contributed by atoms with Gasteiger partial charge in [0, 0.05) is 29.4 Å². The Kier molecular flexibility index (Phi) is 5.39. The van der Waals surface area contributed by atoms with Crippen LogP contribution in [0.4, 0.5) is 0 Å². The van der Waals surface area contributed by atoms with Crippen molar-refractivity contribution < 1.29 is 39.9 Å². The number of nitrogens with zero attached hydrogens (tertiary/aromatic N) is 2. The molecule has 11 heteroatoms. The molecule has 37 heavy (non-hydrogen) atoms. The smallest absolute Gasteiger partial charge is 0.342 e. The van der Waals surface area contributed by atoms with E-state index in [2.05, 4.69) is 0 Å². The molecule has 3 aliphatic rings. The van der Waals surface area contributed by atoms with E-state index >= 15 is 0 Å². The maximum absolute atomic E-state index is 13.7. The minimum atomic E-state index is -2.76. The molecule has 0 bridgehead atoms. The van der Waals surface area contributed by atoms with Crippen LogP contribution in [-0.2, 0) is 16.0 Å². The second-order valence-electron chi connectivity index (χ2n) is 9.83. The number of hydrogen-bond donors (Lipinski definition) is 6. The highest BCUT2D eigenvalue weighted by atomic mass is 16.4. The highest BCUT2D eigenvalue weighted by Crippen LogP contribution is 2.52. The second kappa shape index (κ2) is 8.15. The third-order valence-corrected chi connectivity index (χ3v) is 7.69. The van der Waals surface area contributed by atoms with Crippen LogP contribution in [0.1, 0.15) is 27.9 Å². The molecule has 3 aliphatic carbocycles. The fourth-order valence-corrected chi connectivity index (χ4v) is 6.06. The number of carboxylic acids is 1. The topological polar surface area (TPSA) is 184 Å². The average Bonchev–Trinajstić information content (AvgIpc) is 3.36. The molecule has 5 rings (SSSR count). The van der Waals surface area contributed by atoms with E-state index < -0.39 is 58.1 Å². The molecule has 0 fully saturated rings. The van der Waals surface area contributed by atoms with E-state index in [0.717, 1.165) is 0 Å². The highest BCUT2D eigenvalue weighted by molar-refractivity contribution is 6.23. The number of aliphatic carboxylic acids is 1. The zero-order valence-corrected chi connectivity index (χ0v) is 20.0. The first-order valence-corrected chi connectivity index (χ1v) is 11.6. The number of phenols is 1. The molecule has 192 valence electrons. The molecule has 0 aliphatic heterocycles. The third-order valence-electron chi connectivity index (χ3n) is 7.69. The third kappa shape index (κ3) is 3.20. The van der Waals surface area contributed by atoms with Gasteiger partial charge in [-0.05, 0) is 62.7 Å². The van der Waals surface area contributed by atoms with Crippen molar-refractivity contribution in [2.24, 2.45) is 11.8 Å². The molecule has 0 saturated carbocycles. The number of ketones is 2. The van der Waals surface area contributed by atoms with Gasteiger partial charge in [0.25, 0.3) is 0 Å². The van der Waals surface area contributed by atoms with Crippen LogP contribution in [0.5, 0.6) is 5.75 Å². The first-order valence-electron chi connectivity index (χ1n) is 11.6. The number of aliphatic hydroxyl groups is 3. The zero-order chi connectivity index (χ0) is 27.0. The highest BCUT2D eigenvalue weighted by Gasteiger charge is 2.63. The normalized spacial score (nSPS) is 27.2. The van der Waals surface area contributed by atoms with Crippen LogP contribution in [-0.4, -0.2) is 84.1 Å². The molecule has 0 amide bonds. The summed E-state index contributed by atoms with van der Waals surface area (Å²) in [6.45, 7) is 0. The number of likely N-dealkylation sites (N-methyl/N-ethyl adjacent to an activating group) is 1. The number of aliphatic hydroxyl groups excluding tert-OH is 2. The van der Waals surface area contributed by atoms with Gasteiger partial charge in [-0.3, -0.25) is 19.9 Å². The number of fused-ring (bicyclic) bond motifs is 3. The van der Waals surface area contributed by atoms with E-state index in [0.29, 0.717) is 11.1 Å². The molecule has 1 aromatic carbocycles. The Morgan fingerprint density at radius 1 is 1.14 bits per heavy atom. The van der Waals surface area contributed by atoms with Crippen molar-refractivity contribution in [3.05, 3.63) is 76.0 Å². The predicted octanol–water partition coefficient (Wildman–Crippen LogP) is 1.40. The molecule has 2 aromatic rings. The first kappa shape index (κ1) is 24.5. The molecular formula is C26H25N3O8. The molecule has 1 heterocycles. The maximum atomic E-state index is 13.7. The van der Waals surface area contributed by atoms with Gasteiger partial charge >= 0.3 is 5.97 Å². The number of nitrogens with one attached hydrogen (secondary N) is 1. The van der Waals surface area contributed by atoms with E-state index in [1.807, 2.05) is 0 Å². The Hall–Kier alpha value is -4.22. The molecule has 4 atom stereocenters. The standard InChI is InChI=1S/C26H25N3O8/c1-28(2)19-14-10-11-9-13-12(24(27)29-7-3-4-8-29)5-6-15(30)17(13)20(31)16(11)22(33)26(14,37)23(34)18(21(19)32)25(35)36/h3-8,11,14,19,27,30,32-33,37H,9-10H2,1-2H3,(H,35,36)/t11-,14-,19-,26-/m0/s1. The number of rotatable bonds is 3. The summed E-state index contributed by atoms with van der Waals surface area (Å²) in [5.74, 6) is -7.95. The largest absolute Gasteiger partial charge is 0.510 e. The maximum Gasteiger partial charge on any atom is 0.342 e. The van der Waals surface area contributed by atoms with E-state index in [-0.39, 0.29) is 35.6 Å². The monoisotopic (exact) mass is 507 g/mol. The van der Waals surface area contributed by atoms with E-state index in [1.54, 1.807) is 24.5 Å². The van der Waals surface area contributed by atoms with Gasteiger partial charge in [-0.15, -0.1) is 0 Å². The number of phenolic OH excluding ortho intramolecular Hbond substituents is 1. The van der Waals surface area contributed by atoms with Gasteiger partial charge in [-0.25, -0.2) is 4.79 Å². The zero-order valence-electron chi connectivity index (χ0n) is 20.0. The van der Waals surface area contributed by atoms with Crippen LogP contribution >= 0.6 is 0 Å². The molecule has 11 nitrogen and oxygen atoms in total. The van der Waals surface area contributed by atoms with Crippen molar-refractivity contribution in [3.8, 4) is 5.75 Å². The van der Waals surface area contributed by atoms with Crippen molar-refractivity contribution in [1.29, 1.82) is 5.41 Å². The number of carbonyl (C=O) groups is 3. The lowest BCUT2D eigenvalue weighted by molar-refractivity contribution is -0.151. The fraction of sp³-hybridized carbons (Fsp3) is 0.308. The van der Waals surface area contributed by atoms with Crippen LogP contribution in [0.3, 0.4) is 0 Å². The van der Waals surface area contributed by atoms with E-state index in [4.69, 9.17) is 5.41 Å². The minimum Gasteiger partial charge on any atom is -0.510 e. The number of benzene rings is 1. The lowest BCUT2D eigenvalue weighted by Gasteiger charge is -2.50. The second-order valence-corrected chi connectivity index (χ2v) is 9.83. The molecule has 6 N–H and O–H groups in total. The summed E-state index contributed by atoms with van der Waals surface area (Å²) >= 11 is 0. The molecule has 0 unspecified atom stereocenters. The number of carbonyl (C=O) groups excluding carboxylic acids is 2. The Morgan fingerprint density at radius 3 is 2.38 bits per heavy atom. The number of aromatic nitrogens is 1. The van der Waals surface area contributed by atoms with Crippen LogP contribution < -0.4 is 0 Å². The number of hydrogen-bond acceptors (Lipinski definition) is 9. The van der Waals surface area contributed by atoms with Gasteiger partial charge in [0.1, 0.15) is 28.7 Å². The molecule has 0 saturated heterocycles. The Labute approximate surface area is 210 Å². The molecule has 0 spiro atoms. The number of aromatic hydroxyl groups is 1. The van der Waals surface area contributed by atoms with Crippen LogP contribution in [0.25, 0.3) is 0 Å². The van der Waals surface area contributed by atoms with E-state index in [1.165, 1.54) is 35.7 Å². The van der Waals surface area contributed by atoms with Gasteiger partial charge in [-0.1, -0.05) is 0 Å². The van der Waals surface area contributed by atoms with Gasteiger partial charge < -0.3 is 30.1 Å². The lowest BCUT2D eigenvalue weighted by Crippen LogP contribution is -2.63. The van der Waals surface area contributed by atoms with Crippen molar-refractivity contribution in [1.82, 2.24) is 9.47 Å². The fourth-order valence-electron chi connectivity index (χ4n) is 6.06. The summed E-state index contributed by atoms with van der Waals surface area (Å²) in [6, 6.07) is 5.12. The SMILES string of the molecule is CN(C)[C@@H]1C(O)=C(C(=O)O)C(=O)[C@@]2(O)C(O)=C3C(=O)c4c(O)ccc(C(=N)n5cccc5)c4C[C@H]3C[C@@H]12. The van der Waals surface area contributed by atoms with Crippen molar-refractivity contribution in [2.45, 2.75) is 24.5 Å². The Balaban J connectivity index is 1.71. The van der Waals surface area contributed by atoms with E-state index in [9.17, 15) is 39.9 Å². The summed E-state index contributed by atoms with van der Waals surface area (Å²) in [5, 5.41) is 62.4. The number of Topliss-reactive ketones (excluding diaryl/α,β-unsaturated/α-hetero) is 2. The molecule has 0 radical (unpaired) electrons. The summed E-state index contributed by atoms with van der Waals surface area (Å²) in [6.07, 6.45) is 3.35. The Bertz CT molecular complexity index is 1450. The van der Waals surface area contributed by atoms with Crippen LogP contribution in [0.15, 0.2) is 59.3 Å². The first-order chi connectivity index (χ1) is 17.4. The molecular weight excluding hydrogens is 482 g/mol. The summed E-state index contributed by atoms with van der Waals surface area (Å²) in [5.41, 5.74) is -3.50. The van der Waals surface area contributed by atoms with Gasteiger partial charge in [0.2, 0.25) is 5.78 Å². The number of carboxylic acid groups (broad SMARTS) is 1. The minimum absolute atomic E-state index is 0.0570. The summed E-state index contributed by atoms with van der Waals surface area (Å²) < 4.78 is 1.54. The summed E-state index contributed by atoms with van der Waals surface area (Å²) in [7, 11) is 3.06. The van der Waals surface area contributed by atoms with Gasteiger partial charge in [0.05, 0.1) is 11.6 Å². The van der Waals surface area contributed by atoms with Gasteiger partial charge in [0.15, 0.2) is 11.4 Å². The predicted molar refractivity (Wildman–Crippen MR) is 129 cm³/mol. The average molecular weight is 507 g/mol. The number of allylic oxidation sites excluding steroid dienone is 1. The lowest BCUT2D eigenvalue weighted by atomic mass is 9.58. The Morgan fingerprint density at radius 2 is 1.78 bits per heavy atom. The summed E-state index contributed by atoms with van der Waals surface area (Å²) in [4.78, 5) is 40.2. The van der Waals surface area contributed by atoms with Crippen molar-refractivity contribution in [2.75, 3.05) is 14.1 Å². The molecule has 1 aromatic heterocycles.